The van der Waals surface area contributed by atoms with E-state index in [2.05, 4.69) is 10.5 Å². The topological polar surface area (TPSA) is 70.0 Å². The molecule has 0 aromatic heterocycles. The minimum atomic E-state index is -3.81. The third-order valence-electron chi connectivity index (χ3n) is 5.85. The van der Waals surface area contributed by atoms with Gasteiger partial charge in [-0.2, -0.15) is 8.42 Å². The number of amides is 1. The van der Waals surface area contributed by atoms with Crippen LogP contribution in [0.25, 0.3) is 0 Å². The molecule has 0 spiro atoms. The molecule has 0 unspecified atom stereocenters. The summed E-state index contributed by atoms with van der Waals surface area (Å²) < 4.78 is 29.7. The molecule has 2 aliphatic heterocycles. The molecular formula is C23H27N3O3S. The molecule has 2 aliphatic rings. The normalized spacial score (nSPS) is 17.4. The van der Waals surface area contributed by atoms with Gasteiger partial charge >= 0.3 is 0 Å². The molecule has 0 radical (unpaired) electrons. The Kier molecular flexibility index (Phi) is 5.40. The standard InChI is InChI=1S/C23H27N3O3S/c1-16-8-9-19(17(2)13-16)15-25(3)23(27)18-10-11-20-21(14-18)30(28,29)24-22-7-5-4-6-12-26(20)22/h8-11,13-14H,4-7,12,15H2,1-3H3. The van der Waals surface area contributed by atoms with Crippen LogP contribution in [0.15, 0.2) is 45.7 Å². The Morgan fingerprint density at radius 3 is 2.67 bits per heavy atom. The summed E-state index contributed by atoms with van der Waals surface area (Å²) in [6.07, 6.45) is 3.67. The molecule has 2 aromatic rings. The van der Waals surface area contributed by atoms with Gasteiger partial charge in [-0.05, 0) is 56.0 Å². The number of amidine groups is 1. The van der Waals surface area contributed by atoms with Gasteiger partial charge in [0.25, 0.3) is 15.9 Å². The van der Waals surface area contributed by atoms with E-state index in [9.17, 15) is 13.2 Å². The lowest BCUT2D eigenvalue weighted by molar-refractivity contribution is 0.0784. The smallest absolute Gasteiger partial charge is 0.286 e. The van der Waals surface area contributed by atoms with Gasteiger partial charge in [0.05, 0.1) is 5.69 Å². The SMILES string of the molecule is Cc1ccc(CN(C)C(=O)c2ccc3c(c2)S(=O)(=O)N=C2CCCCCN23)c(C)c1. The maximum Gasteiger partial charge on any atom is 0.286 e. The van der Waals surface area contributed by atoms with Gasteiger partial charge in [-0.15, -0.1) is 4.40 Å². The summed E-state index contributed by atoms with van der Waals surface area (Å²) in [5.41, 5.74) is 4.37. The summed E-state index contributed by atoms with van der Waals surface area (Å²) in [5.74, 6) is 0.407. The minimum Gasteiger partial charge on any atom is -0.337 e. The van der Waals surface area contributed by atoms with Crippen LogP contribution in [0.4, 0.5) is 5.69 Å². The number of nitrogens with zero attached hydrogens (tertiary/aromatic N) is 3. The second-order valence-corrected chi connectivity index (χ2v) is 9.79. The number of fused-ring (bicyclic) bond motifs is 3. The number of benzene rings is 2. The number of carbonyl (C=O) groups excluding carboxylic acids is 1. The summed E-state index contributed by atoms with van der Waals surface area (Å²) in [4.78, 5) is 16.8. The van der Waals surface area contributed by atoms with E-state index in [1.807, 2.05) is 30.9 Å². The number of hydrogen-bond donors (Lipinski definition) is 0. The Morgan fingerprint density at radius 1 is 1.10 bits per heavy atom. The average Bonchev–Trinajstić information content (AvgIpc) is 2.94. The number of sulfonamides is 1. The van der Waals surface area contributed by atoms with Crippen molar-refractivity contribution in [2.45, 2.75) is 51.0 Å². The lowest BCUT2D eigenvalue weighted by Crippen LogP contribution is -2.35. The maximum atomic E-state index is 13.0. The van der Waals surface area contributed by atoms with E-state index in [0.29, 0.717) is 30.1 Å². The molecule has 0 saturated carbocycles. The van der Waals surface area contributed by atoms with Crippen molar-refractivity contribution in [1.82, 2.24) is 4.90 Å². The maximum absolute atomic E-state index is 13.0. The lowest BCUT2D eigenvalue weighted by Gasteiger charge is -2.30. The fourth-order valence-corrected chi connectivity index (χ4v) is 5.47. The first-order chi connectivity index (χ1) is 14.3. The first kappa shape index (κ1) is 20.6. The highest BCUT2D eigenvalue weighted by atomic mass is 32.2. The first-order valence-corrected chi connectivity index (χ1v) is 11.8. The third kappa shape index (κ3) is 3.86. The summed E-state index contributed by atoms with van der Waals surface area (Å²) in [5, 5.41) is 0. The van der Waals surface area contributed by atoms with Gasteiger partial charge in [0.2, 0.25) is 0 Å². The zero-order chi connectivity index (χ0) is 21.5. The van der Waals surface area contributed by atoms with Crippen molar-refractivity contribution in [3.8, 4) is 0 Å². The predicted molar refractivity (Wildman–Crippen MR) is 119 cm³/mol. The van der Waals surface area contributed by atoms with Crippen LogP contribution >= 0.6 is 0 Å². The van der Waals surface area contributed by atoms with Gasteiger partial charge in [0.15, 0.2) is 0 Å². The van der Waals surface area contributed by atoms with E-state index in [0.717, 1.165) is 36.9 Å². The highest BCUT2D eigenvalue weighted by molar-refractivity contribution is 7.90. The number of hydrogen-bond acceptors (Lipinski definition) is 4. The summed E-state index contributed by atoms with van der Waals surface area (Å²) >= 11 is 0. The minimum absolute atomic E-state index is 0.124. The van der Waals surface area contributed by atoms with Crippen LogP contribution in [0.5, 0.6) is 0 Å². The lowest BCUT2D eigenvalue weighted by atomic mass is 10.0. The molecule has 0 atom stereocenters. The van der Waals surface area contributed by atoms with Gasteiger partial charge in [-0.3, -0.25) is 4.79 Å². The quantitative estimate of drug-likeness (QED) is 0.744. The molecule has 2 heterocycles. The van der Waals surface area contributed by atoms with Crippen LogP contribution < -0.4 is 4.90 Å². The summed E-state index contributed by atoms with van der Waals surface area (Å²) in [6, 6.07) is 11.1. The zero-order valence-electron chi connectivity index (χ0n) is 17.7. The zero-order valence-corrected chi connectivity index (χ0v) is 18.5. The van der Waals surface area contributed by atoms with E-state index in [1.54, 1.807) is 24.1 Å². The average molecular weight is 426 g/mol. The molecule has 0 aliphatic carbocycles. The second kappa shape index (κ2) is 7.87. The fraction of sp³-hybridized carbons (Fsp3) is 0.391. The van der Waals surface area contributed by atoms with Gasteiger partial charge in [0.1, 0.15) is 10.7 Å². The second-order valence-electron chi connectivity index (χ2n) is 8.22. The molecule has 6 nitrogen and oxygen atoms in total. The van der Waals surface area contributed by atoms with Gasteiger partial charge in [-0.25, -0.2) is 0 Å². The van der Waals surface area contributed by atoms with Crippen LogP contribution in [-0.2, 0) is 16.6 Å². The van der Waals surface area contributed by atoms with Crippen molar-refractivity contribution in [3.63, 3.8) is 0 Å². The Hall–Kier alpha value is -2.67. The van der Waals surface area contributed by atoms with E-state index < -0.39 is 10.0 Å². The van der Waals surface area contributed by atoms with Crippen LogP contribution in [0.3, 0.4) is 0 Å². The Labute approximate surface area is 178 Å². The van der Waals surface area contributed by atoms with E-state index in [4.69, 9.17) is 0 Å². The molecule has 0 bridgehead atoms. The van der Waals surface area contributed by atoms with E-state index in [1.165, 1.54) is 11.6 Å². The Balaban J connectivity index is 1.63. The number of anilines is 1. The number of aryl methyl sites for hydroxylation is 2. The van der Waals surface area contributed by atoms with Gasteiger partial charge in [-0.1, -0.05) is 30.2 Å². The highest BCUT2D eigenvalue weighted by Gasteiger charge is 2.32. The molecule has 2 aromatic carbocycles. The fourth-order valence-electron chi connectivity index (χ4n) is 4.18. The molecule has 1 fully saturated rings. The Bertz CT molecular complexity index is 1140. The largest absolute Gasteiger partial charge is 0.337 e. The Morgan fingerprint density at radius 2 is 1.90 bits per heavy atom. The third-order valence-corrected chi connectivity index (χ3v) is 7.18. The molecule has 7 heteroatoms. The highest BCUT2D eigenvalue weighted by Crippen LogP contribution is 2.35. The van der Waals surface area contributed by atoms with Gasteiger partial charge < -0.3 is 9.80 Å². The molecule has 1 amide bonds. The molecule has 1 saturated heterocycles. The summed E-state index contributed by atoms with van der Waals surface area (Å²) in [6.45, 7) is 5.28. The summed E-state index contributed by atoms with van der Waals surface area (Å²) in [7, 11) is -2.07. The monoisotopic (exact) mass is 425 g/mol. The van der Waals surface area contributed by atoms with Crippen molar-refractivity contribution in [2.24, 2.45) is 4.40 Å². The van der Waals surface area contributed by atoms with Crippen molar-refractivity contribution in [1.29, 1.82) is 0 Å². The molecule has 30 heavy (non-hydrogen) atoms. The van der Waals surface area contributed by atoms with Crippen molar-refractivity contribution in [2.75, 3.05) is 18.5 Å². The van der Waals surface area contributed by atoms with Crippen molar-refractivity contribution in [3.05, 3.63) is 58.7 Å². The first-order valence-electron chi connectivity index (χ1n) is 10.3. The van der Waals surface area contributed by atoms with E-state index in [-0.39, 0.29) is 10.8 Å². The predicted octanol–water partition coefficient (Wildman–Crippen LogP) is 4.06. The van der Waals surface area contributed by atoms with E-state index >= 15 is 0 Å². The van der Waals surface area contributed by atoms with Gasteiger partial charge in [0, 0.05) is 32.1 Å². The number of rotatable bonds is 3. The molecule has 158 valence electrons. The van der Waals surface area contributed by atoms with Crippen molar-refractivity contribution < 1.29 is 13.2 Å². The number of carbonyl (C=O) groups is 1. The van der Waals surface area contributed by atoms with Crippen LogP contribution in [0, 0.1) is 13.8 Å². The van der Waals surface area contributed by atoms with Crippen LogP contribution in [0.2, 0.25) is 0 Å². The van der Waals surface area contributed by atoms with Crippen LogP contribution in [0.1, 0.15) is 52.7 Å². The van der Waals surface area contributed by atoms with Crippen molar-refractivity contribution >= 4 is 27.5 Å². The molecule has 0 N–H and O–H groups in total. The molecule has 4 rings (SSSR count). The van der Waals surface area contributed by atoms with Crippen LogP contribution in [-0.4, -0.2) is 38.7 Å². The molecular weight excluding hydrogens is 398 g/mol.